The molecular formula is C13H24N6O2. The van der Waals surface area contributed by atoms with Gasteiger partial charge in [-0.1, -0.05) is 0 Å². The minimum Gasteiger partial charge on any atom is -0.394 e. The monoisotopic (exact) mass is 296 g/mol. The minimum absolute atomic E-state index is 0.0151. The zero-order valence-electron chi connectivity index (χ0n) is 12.9. The van der Waals surface area contributed by atoms with E-state index in [0.29, 0.717) is 37.6 Å². The highest BCUT2D eigenvalue weighted by Gasteiger charge is 2.26. The first-order chi connectivity index (χ1) is 10.2. The van der Waals surface area contributed by atoms with Crippen LogP contribution in [0.25, 0.3) is 0 Å². The lowest BCUT2D eigenvalue weighted by molar-refractivity contribution is 0.0718. The first-order valence-electron chi connectivity index (χ1n) is 7.37. The Labute approximate surface area is 125 Å². The Balaban J connectivity index is 2.35. The molecule has 1 aromatic rings. The average Bonchev–Trinajstić information content (AvgIpc) is 2.55. The summed E-state index contributed by atoms with van der Waals surface area (Å²) in [5.41, 5.74) is 0. The summed E-state index contributed by atoms with van der Waals surface area (Å²) in [6, 6.07) is -0.115. The summed E-state index contributed by atoms with van der Waals surface area (Å²) in [5.74, 6) is 1.77. The topological polar surface area (TPSA) is 86.6 Å². The number of hydrogen-bond acceptors (Lipinski definition) is 8. The molecule has 0 saturated carbocycles. The summed E-state index contributed by atoms with van der Waals surface area (Å²) in [6.07, 6.45) is 0. The van der Waals surface area contributed by atoms with Crippen molar-refractivity contribution in [1.29, 1.82) is 0 Å². The van der Waals surface area contributed by atoms with E-state index in [1.807, 2.05) is 4.90 Å². The van der Waals surface area contributed by atoms with Crippen molar-refractivity contribution >= 4 is 17.8 Å². The number of anilines is 3. The summed E-state index contributed by atoms with van der Waals surface area (Å²) in [5, 5.41) is 12.5. The fourth-order valence-corrected chi connectivity index (χ4v) is 2.31. The number of rotatable bonds is 6. The molecule has 1 fully saturated rings. The Hall–Kier alpha value is -1.67. The predicted molar refractivity (Wildman–Crippen MR) is 82.0 cm³/mol. The molecule has 0 spiro atoms. The molecule has 1 saturated heterocycles. The third kappa shape index (κ3) is 3.51. The van der Waals surface area contributed by atoms with Crippen LogP contribution in [0.2, 0.25) is 0 Å². The van der Waals surface area contributed by atoms with E-state index >= 15 is 0 Å². The molecule has 0 aliphatic carbocycles. The molecule has 1 aliphatic heterocycles. The largest absolute Gasteiger partial charge is 0.394 e. The molecule has 2 rings (SSSR count). The van der Waals surface area contributed by atoms with Crippen molar-refractivity contribution in [1.82, 2.24) is 15.0 Å². The molecule has 2 heterocycles. The standard InChI is InChI=1S/C13H24N6O2/c1-4-18(5-2)12-15-11(14-3)16-13(17-12)19-6-7-21-9-10(19)8-20/h10,20H,4-9H2,1-3H3,(H,14,15,16,17). The van der Waals surface area contributed by atoms with Crippen LogP contribution in [-0.4, -0.2) is 72.6 Å². The van der Waals surface area contributed by atoms with Gasteiger partial charge in [-0.25, -0.2) is 0 Å². The number of morpholine rings is 1. The lowest BCUT2D eigenvalue weighted by atomic mass is 10.2. The summed E-state index contributed by atoms with van der Waals surface area (Å²) >= 11 is 0. The van der Waals surface area contributed by atoms with Crippen LogP contribution in [0.1, 0.15) is 13.8 Å². The van der Waals surface area contributed by atoms with Crippen molar-refractivity contribution in [2.45, 2.75) is 19.9 Å². The maximum atomic E-state index is 9.50. The van der Waals surface area contributed by atoms with Gasteiger partial charge in [-0.05, 0) is 13.8 Å². The smallest absolute Gasteiger partial charge is 0.232 e. The van der Waals surface area contributed by atoms with E-state index in [0.717, 1.165) is 13.1 Å². The molecule has 0 bridgehead atoms. The third-order valence-corrected chi connectivity index (χ3v) is 3.58. The fourth-order valence-electron chi connectivity index (χ4n) is 2.31. The van der Waals surface area contributed by atoms with E-state index in [-0.39, 0.29) is 12.6 Å². The molecule has 1 unspecified atom stereocenters. The SMILES string of the molecule is CCN(CC)c1nc(NC)nc(N2CCOCC2CO)n1. The molecule has 1 atom stereocenters. The molecule has 1 aliphatic rings. The highest BCUT2D eigenvalue weighted by molar-refractivity contribution is 5.45. The third-order valence-electron chi connectivity index (χ3n) is 3.58. The molecular weight excluding hydrogens is 272 g/mol. The first-order valence-corrected chi connectivity index (χ1v) is 7.37. The van der Waals surface area contributed by atoms with Crippen LogP contribution < -0.4 is 15.1 Å². The van der Waals surface area contributed by atoms with Gasteiger partial charge < -0.3 is 25.0 Å². The van der Waals surface area contributed by atoms with Gasteiger partial charge in [0.15, 0.2) is 0 Å². The van der Waals surface area contributed by atoms with E-state index in [9.17, 15) is 5.11 Å². The highest BCUT2D eigenvalue weighted by Crippen LogP contribution is 2.20. The van der Waals surface area contributed by atoms with Crippen LogP contribution in [-0.2, 0) is 4.74 Å². The van der Waals surface area contributed by atoms with Crippen molar-refractivity contribution in [3.8, 4) is 0 Å². The van der Waals surface area contributed by atoms with Gasteiger partial charge in [0.25, 0.3) is 0 Å². The Bertz CT molecular complexity index is 454. The highest BCUT2D eigenvalue weighted by atomic mass is 16.5. The van der Waals surface area contributed by atoms with Crippen LogP contribution in [0.5, 0.6) is 0 Å². The van der Waals surface area contributed by atoms with E-state index < -0.39 is 0 Å². The number of hydrogen-bond donors (Lipinski definition) is 2. The van der Waals surface area contributed by atoms with Gasteiger partial charge >= 0.3 is 0 Å². The van der Waals surface area contributed by atoms with Gasteiger partial charge in [-0.15, -0.1) is 0 Å². The molecule has 1 aromatic heterocycles. The van der Waals surface area contributed by atoms with Crippen molar-refractivity contribution < 1.29 is 9.84 Å². The summed E-state index contributed by atoms with van der Waals surface area (Å²) < 4.78 is 5.40. The first kappa shape index (κ1) is 15.7. The Morgan fingerprint density at radius 1 is 1.33 bits per heavy atom. The lowest BCUT2D eigenvalue weighted by Crippen LogP contribution is -2.48. The Morgan fingerprint density at radius 3 is 2.71 bits per heavy atom. The number of nitrogens with one attached hydrogen (secondary N) is 1. The van der Waals surface area contributed by atoms with Crippen LogP contribution in [0, 0.1) is 0 Å². The fraction of sp³-hybridized carbons (Fsp3) is 0.769. The maximum absolute atomic E-state index is 9.50. The zero-order chi connectivity index (χ0) is 15.2. The van der Waals surface area contributed by atoms with Crippen LogP contribution in [0.15, 0.2) is 0 Å². The number of aromatic nitrogens is 3. The average molecular weight is 296 g/mol. The number of aliphatic hydroxyl groups excluding tert-OH is 1. The van der Waals surface area contributed by atoms with Crippen LogP contribution >= 0.6 is 0 Å². The van der Waals surface area contributed by atoms with Gasteiger partial charge in [0.1, 0.15) is 0 Å². The molecule has 0 radical (unpaired) electrons. The van der Waals surface area contributed by atoms with Gasteiger partial charge in [0.2, 0.25) is 17.8 Å². The predicted octanol–water partition coefficient (Wildman–Crippen LogP) is -0.0430. The molecule has 21 heavy (non-hydrogen) atoms. The van der Waals surface area contributed by atoms with Gasteiger partial charge in [-0.2, -0.15) is 15.0 Å². The van der Waals surface area contributed by atoms with E-state index in [4.69, 9.17) is 4.74 Å². The van der Waals surface area contributed by atoms with Crippen LogP contribution in [0.3, 0.4) is 0 Å². The van der Waals surface area contributed by atoms with Gasteiger partial charge in [0.05, 0.1) is 25.9 Å². The second kappa shape index (κ2) is 7.37. The quantitative estimate of drug-likeness (QED) is 0.756. The van der Waals surface area contributed by atoms with Gasteiger partial charge in [0, 0.05) is 26.7 Å². The van der Waals surface area contributed by atoms with Gasteiger partial charge in [-0.3, -0.25) is 0 Å². The molecule has 2 N–H and O–H groups in total. The summed E-state index contributed by atoms with van der Waals surface area (Å²) in [4.78, 5) is 17.5. The number of nitrogens with zero attached hydrogens (tertiary/aromatic N) is 5. The summed E-state index contributed by atoms with van der Waals surface area (Å²) in [6.45, 7) is 7.56. The molecule has 8 heteroatoms. The lowest BCUT2D eigenvalue weighted by Gasteiger charge is -2.34. The number of aliphatic hydroxyl groups is 1. The molecule has 0 aromatic carbocycles. The minimum atomic E-state index is -0.115. The second-order valence-corrected chi connectivity index (χ2v) is 4.79. The van der Waals surface area contributed by atoms with Crippen molar-refractivity contribution in [2.24, 2.45) is 0 Å². The van der Waals surface area contributed by atoms with E-state index in [1.165, 1.54) is 0 Å². The zero-order valence-corrected chi connectivity index (χ0v) is 12.9. The van der Waals surface area contributed by atoms with Crippen molar-refractivity contribution in [3.63, 3.8) is 0 Å². The summed E-state index contributed by atoms with van der Waals surface area (Å²) in [7, 11) is 1.79. The van der Waals surface area contributed by atoms with Crippen LogP contribution in [0.4, 0.5) is 17.8 Å². The van der Waals surface area contributed by atoms with E-state index in [1.54, 1.807) is 7.05 Å². The molecule has 8 nitrogen and oxygen atoms in total. The van der Waals surface area contributed by atoms with E-state index in [2.05, 4.69) is 39.0 Å². The molecule has 0 amide bonds. The van der Waals surface area contributed by atoms with Crippen molar-refractivity contribution in [3.05, 3.63) is 0 Å². The Morgan fingerprint density at radius 2 is 2.10 bits per heavy atom. The Kier molecular flexibility index (Phi) is 5.51. The maximum Gasteiger partial charge on any atom is 0.232 e. The van der Waals surface area contributed by atoms with Crippen molar-refractivity contribution in [2.75, 3.05) is 61.6 Å². The molecule has 118 valence electrons. The normalized spacial score (nSPS) is 18.7. The number of ether oxygens (including phenoxy) is 1. The second-order valence-electron chi connectivity index (χ2n) is 4.79.